The fourth-order valence-electron chi connectivity index (χ4n) is 2.29. The first-order valence-electron chi connectivity index (χ1n) is 6.68. The summed E-state index contributed by atoms with van der Waals surface area (Å²) in [5.41, 5.74) is 0. The maximum absolute atomic E-state index is 12.5. The summed E-state index contributed by atoms with van der Waals surface area (Å²) in [6, 6.07) is 3.42. The highest BCUT2D eigenvalue weighted by atomic mass is 32.2. The lowest BCUT2D eigenvalue weighted by atomic mass is 10.0. The van der Waals surface area contributed by atoms with Gasteiger partial charge in [-0.1, -0.05) is 0 Å². The van der Waals surface area contributed by atoms with Crippen LogP contribution in [0.4, 0.5) is 0 Å². The first-order valence-corrected chi connectivity index (χ1v) is 8.94. The van der Waals surface area contributed by atoms with E-state index in [1.165, 1.54) is 15.6 Å². The number of piperidine rings is 1. The summed E-state index contributed by atoms with van der Waals surface area (Å²) in [5.74, 6) is -0.644. The van der Waals surface area contributed by atoms with Gasteiger partial charge in [-0.3, -0.25) is 4.79 Å². The van der Waals surface area contributed by atoms with Crippen molar-refractivity contribution in [3.8, 4) is 0 Å². The van der Waals surface area contributed by atoms with E-state index in [2.05, 4.69) is 0 Å². The van der Waals surface area contributed by atoms with Crippen LogP contribution in [0.5, 0.6) is 0 Å². The van der Waals surface area contributed by atoms with Crippen molar-refractivity contribution in [2.24, 2.45) is 5.92 Å². The molecule has 1 fully saturated rings. The van der Waals surface area contributed by atoms with Crippen LogP contribution >= 0.6 is 11.3 Å². The highest BCUT2D eigenvalue weighted by molar-refractivity contribution is 7.91. The minimum atomic E-state index is -3.48. The molecule has 1 aliphatic heterocycles. The molecule has 0 aliphatic carbocycles. The molecule has 1 aromatic heterocycles. The third kappa shape index (κ3) is 3.21. The molecule has 1 unspecified atom stereocenters. The SMILES string of the molecule is CCOC(=O)C1CCCN(S(=O)(=O)c2ccc(C)s2)C1. The summed E-state index contributed by atoms with van der Waals surface area (Å²) in [4.78, 5) is 12.7. The van der Waals surface area contributed by atoms with E-state index < -0.39 is 10.0 Å². The van der Waals surface area contributed by atoms with Gasteiger partial charge in [0.05, 0.1) is 12.5 Å². The Morgan fingerprint density at radius 2 is 2.25 bits per heavy atom. The largest absolute Gasteiger partial charge is 0.466 e. The summed E-state index contributed by atoms with van der Waals surface area (Å²) in [5, 5.41) is 0. The summed E-state index contributed by atoms with van der Waals surface area (Å²) in [7, 11) is -3.48. The third-order valence-corrected chi connectivity index (χ3v) is 6.65. The molecule has 20 heavy (non-hydrogen) atoms. The second-order valence-corrected chi connectivity index (χ2v) is 8.27. The number of thiophene rings is 1. The van der Waals surface area contributed by atoms with Crippen molar-refractivity contribution in [3.63, 3.8) is 0 Å². The molecular formula is C13H19NO4S2. The Morgan fingerprint density at radius 3 is 2.85 bits per heavy atom. The lowest BCUT2D eigenvalue weighted by Gasteiger charge is -2.30. The van der Waals surface area contributed by atoms with Crippen LogP contribution in [0, 0.1) is 12.8 Å². The van der Waals surface area contributed by atoms with Crippen LogP contribution in [0.15, 0.2) is 16.3 Å². The Kier molecular flexibility index (Phi) is 4.82. The van der Waals surface area contributed by atoms with Crippen LogP contribution in [0.1, 0.15) is 24.6 Å². The van der Waals surface area contributed by atoms with E-state index >= 15 is 0 Å². The lowest BCUT2D eigenvalue weighted by Crippen LogP contribution is -2.42. The van der Waals surface area contributed by atoms with Crippen LogP contribution in [-0.4, -0.2) is 38.4 Å². The number of aryl methyl sites for hydroxylation is 1. The molecule has 0 radical (unpaired) electrons. The van der Waals surface area contributed by atoms with Gasteiger partial charge < -0.3 is 4.74 Å². The van der Waals surface area contributed by atoms with E-state index in [1.807, 2.05) is 6.92 Å². The molecule has 0 aromatic carbocycles. The molecule has 2 rings (SSSR count). The van der Waals surface area contributed by atoms with Gasteiger partial charge in [0.15, 0.2) is 0 Å². The number of nitrogens with zero attached hydrogens (tertiary/aromatic N) is 1. The Bertz CT molecular complexity index is 579. The zero-order valence-corrected chi connectivity index (χ0v) is 13.3. The lowest BCUT2D eigenvalue weighted by molar-refractivity contribution is -0.149. The van der Waals surface area contributed by atoms with E-state index in [9.17, 15) is 13.2 Å². The first-order chi connectivity index (χ1) is 9.45. The molecule has 112 valence electrons. The van der Waals surface area contributed by atoms with Gasteiger partial charge in [-0.15, -0.1) is 11.3 Å². The number of esters is 1. The monoisotopic (exact) mass is 317 g/mol. The van der Waals surface area contributed by atoms with Crippen molar-refractivity contribution < 1.29 is 17.9 Å². The predicted molar refractivity (Wildman–Crippen MR) is 77.2 cm³/mol. The number of carbonyl (C=O) groups excluding carboxylic acids is 1. The van der Waals surface area contributed by atoms with Crippen molar-refractivity contribution in [2.75, 3.05) is 19.7 Å². The Hall–Kier alpha value is -0.920. The normalized spacial score (nSPS) is 20.8. The van der Waals surface area contributed by atoms with Gasteiger partial charge in [0.1, 0.15) is 4.21 Å². The fraction of sp³-hybridized carbons (Fsp3) is 0.615. The molecule has 2 heterocycles. The van der Waals surface area contributed by atoms with Crippen molar-refractivity contribution >= 4 is 27.3 Å². The van der Waals surface area contributed by atoms with Gasteiger partial charge in [0.25, 0.3) is 10.0 Å². The molecular weight excluding hydrogens is 298 g/mol. The van der Waals surface area contributed by atoms with Crippen LogP contribution in [0.3, 0.4) is 0 Å². The van der Waals surface area contributed by atoms with Gasteiger partial charge in [0.2, 0.25) is 0 Å². The van der Waals surface area contributed by atoms with Crippen LogP contribution in [0.2, 0.25) is 0 Å². The number of carbonyl (C=O) groups is 1. The first kappa shape index (κ1) is 15.5. The zero-order valence-electron chi connectivity index (χ0n) is 11.7. The molecule has 0 spiro atoms. The molecule has 1 aromatic rings. The minimum Gasteiger partial charge on any atom is -0.466 e. The number of ether oxygens (including phenoxy) is 1. The van der Waals surface area contributed by atoms with Gasteiger partial charge in [0, 0.05) is 18.0 Å². The van der Waals surface area contributed by atoms with Crippen molar-refractivity contribution in [1.82, 2.24) is 4.31 Å². The van der Waals surface area contributed by atoms with Crippen LogP contribution < -0.4 is 0 Å². The van der Waals surface area contributed by atoms with Gasteiger partial charge in [-0.05, 0) is 38.8 Å². The number of hydrogen-bond acceptors (Lipinski definition) is 5. The molecule has 0 N–H and O–H groups in total. The van der Waals surface area contributed by atoms with Crippen molar-refractivity contribution in [3.05, 3.63) is 17.0 Å². The van der Waals surface area contributed by atoms with E-state index in [-0.39, 0.29) is 18.4 Å². The zero-order chi connectivity index (χ0) is 14.8. The highest BCUT2D eigenvalue weighted by Crippen LogP contribution is 2.28. The standard InChI is InChI=1S/C13H19NO4S2/c1-3-18-13(15)11-5-4-8-14(9-11)20(16,17)12-7-6-10(2)19-12/h6-7,11H,3-5,8-9H2,1-2H3. The second kappa shape index (κ2) is 6.24. The number of hydrogen-bond donors (Lipinski definition) is 0. The average molecular weight is 317 g/mol. The van der Waals surface area contributed by atoms with E-state index in [1.54, 1.807) is 19.1 Å². The molecule has 7 heteroatoms. The highest BCUT2D eigenvalue weighted by Gasteiger charge is 2.34. The Labute approximate surface area is 123 Å². The third-order valence-electron chi connectivity index (χ3n) is 3.31. The van der Waals surface area contributed by atoms with Crippen LogP contribution in [0.25, 0.3) is 0 Å². The summed E-state index contributed by atoms with van der Waals surface area (Å²) >= 11 is 1.26. The quantitative estimate of drug-likeness (QED) is 0.797. The number of sulfonamides is 1. The Balaban J connectivity index is 2.14. The van der Waals surface area contributed by atoms with E-state index in [0.717, 1.165) is 4.88 Å². The average Bonchev–Trinajstić information content (AvgIpc) is 2.86. The topological polar surface area (TPSA) is 63.7 Å². The molecule has 0 amide bonds. The molecule has 0 bridgehead atoms. The van der Waals surface area contributed by atoms with Crippen molar-refractivity contribution in [2.45, 2.75) is 30.9 Å². The molecule has 0 saturated carbocycles. The Morgan fingerprint density at radius 1 is 1.50 bits per heavy atom. The van der Waals surface area contributed by atoms with E-state index in [0.29, 0.717) is 30.2 Å². The van der Waals surface area contributed by atoms with Gasteiger partial charge >= 0.3 is 5.97 Å². The minimum absolute atomic E-state index is 0.220. The summed E-state index contributed by atoms with van der Waals surface area (Å²) in [6.45, 7) is 4.64. The molecule has 5 nitrogen and oxygen atoms in total. The maximum atomic E-state index is 12.5. The van der Waals surface area contributed by atoms with Gasteiger partial charge in [-0.25, -0.2) is 8.42 Å². The molecule has 1 atom stereocenters. The summed E-state index contributed by atoms with van der Waals surface area (Å²) < 4.78 is 31.8. The van der Waals surface area contributed by atoms with Gasteiger partial charge in [-0.2, -0.15) is 4.31 Å². The predicted octanol–water partition coefficient (Wildman–Crippen LogP) is 2.02. The summed E-state index contributed by atoms with van der Waals surface area (Å²) in [6.07, 6.45) is 1.38. The van der Waals surface area contributed by atoms with Crippen molar-refractivity contribution in [1.29, 1.82) is 0 Å². The number of rotatable bonds is 4. The second-order valence-electron chi connectivity index (χ2n) is 4.82. The molecule has 1 aliphatic rings. The van der Waals surface area contributed by atoms with Crippen LogP contribution in [-0.2, 0) is 19.6 Å². The smallest absolute Gasteiger partial charge is 0.310 e. The van der Waals surface area contributed by atoms with E-state index in [4.69, 9.17) is 4.74 Å². The fourth-order valence-corrected chi connectivity index (χ4v) is 5.25. The molecule has 1 saturated heterocycles. The maximum Gasteiger partial charge on any atom is 0.310 e.